The lowest BCUT2D eigenvalue weighted by molar-refractivity contribution is 0.480. The molecule has 0 saturated heterocycles. The number of phenolic OH excluding ortho intramolecular Hbond substituents is 1. The minimum atomic E-state index is -0.372. The first kappa shape index (κ1) is 10.3. The lowest BCUT2D eigenvalue weighted by atomic mass is 9.41. The molecule has 0 aliphatic rings. The van der Waals surface area contributed by atoms with Gasteiger partial charge in [-0.25, -0.2) is 0 Å². The standard InChI is InChI=1S/C9H10B3O/c1-9(2,11)12-6-3-4-8(13)7(10)5-6/h3-5,13H,1-2H3. The van der Waals surface area contributed by atoms with Crippen LogP contribution in [0.15, 0.2) is 18.2 Å². The lowest BCUT2D eigenvalue weighted by Gasteiger charge is -2.17. The number of benzene rings is 1. The Morgan fingerprint density at radius 2 is 2.00 bits per heavy atom. The van der Waals surface area contributed by atoms with Crippen molar-refractivity contribution in [2.45, 2.75) is 19.1 Å². The van der Waals surface area contributed by atoms with E-state index in [1.54, 1.807) is 18.2 Å². The highest BCUT2D eigenvalue weighted by Crippen LogP contribution is 2.14. The van der Waals surface area contributed by atoms with Crippen LogP contribution >= 0.6 is 0 Å². The molecular formula is C9H10B3O. The molecule has 1 aromatic rings. The Morgan fingerprint density at radius 1 is 1.38 bits per heavy atom. The molecule has 0 aliphatic carbocycles. The van der Waals surface area contributed by atoms with E-state index in [0.717, 1.165) is 5.46 Å². The first-order valence-electron chi connectivity index (χ1n) is 4.12. The molecule has 61 valence electrons. The van der Waals surface area contributed by atoms with Gasteiger partial charge in [0.25, 0.3) is 0 Å². The van der Waals surface area contributed by atoms with Crippen LogP contribution in [0, 0.1) is 0 Å². The van der Waals surface area contributed by atoms with Gasteiger partial charge < -0.3 is 5.11 Å². The Kier molecular flexibility index (Phi) is 2.79. The fraction of sp³-hybridized carbons (Fsp3) is 0.333. The number of aromatic hydroxyl groups is 1. The summed E-state index contributed by atoms with van der Waals surface area (Å²) in [5.74, 6) is 0.104. The second kappa shape index (κ2) is 3.53. The van der Waals surface area contributed by atoms with E-state index in [2.05, 4.69) is 0 Å². The predicted molar refractivity (Wildman–Crippen MR) is 58.7 cm³/mol. The van der Waals surface area contributed by atoms with Crippen LogP contribution in [0.2, 0.25) is 5.21 Å². The maximum atomic E-state index is 9.17. The molecule has 0 unspecified atom stereocenters. The zero-order valence-electron chi connectivity index (χ0n) is 7.91. The van der Waals surface area contributed by atoms with Gasteiger partial charge in [-0.2, -0.15) is 0 Å². The van der Waals surface area contributed by atoms with Crippen LogP contribution in [0.3, 0.4) is 0 Å². The van der Waals surface area contributed by atoms with E-state index < -0.39 is 0 Å². The topological polar surface area (TPSA) is 20.2 Å². The summed E-state index contributed by atoms with van der Waals surface area (Å²) in [4.78, 5) is 0. The van der Waals surface area contributed by atoms with Gasteiger partial charge in [-0.15, -0.1) is 0 Å². The van der Waals surface area contributed by atoms with Crippen molar-refractivity contribution >= 4 is 33.9 Å². The van der Waals surface area contributed by atoms with Gasteiger partial charge in [0.05, 0.1) is 7.85 Å². The Labute approximate surface area is 82.6 Å². The molecule has 1 aromatic carbocycles. The van der Waals surface area contributed by atoms with Gasteiger partial charge in [-0.05, 0) is 6.07 Å². The van der Waals surface area contributed by atoms with E-state index >= 15 is 0 Å². The van der Waals surface area contributed by atoms with Crippen LogP contribution in [0.5, 0.6) is 5.75 Å². The van der Waals surface area contributed by atoms with Crippen molar-refractivity contribution in [2.75, 3.05) is 0 Å². The van der Waals surface area contributed by atoms with Crippen LogP contribution in [0.1, 0.15) is 13.8 Å². The third-order valence-electron chi connectivity index (χ3n) is 1.59. The molecule has 0 amide bonds. The summed E-state index contributed by atoms with van der Waals surface area (Å²) in [7, 11) is 13.2. The largest absolute Gasteiger partial charge is 0.509 e. The molecule has 1 N–H and O–H groups in total. The second-order valence-corrected chi connectivity index (χ2v) is 3.78. The summed E-state index contributed by atoms with van der Waals surface area (Å²) < 4.78 is 0. The minimum absolute atomic E-state index is 0.104. The summed E-state index contributed by atoms with van der Waals surface area (Å²) >= 11 is 0. The summed E-state index contributed by atoms with van der Waals surface area (Å²) in [6.45, 7) is 3.80. The first-order valence-corrected chi connectivity index (χ1v) is 4.12. The van der Waals surface area contributed by atoms with E-state index in [1.807, 2.05) is 21.1 Å². The molecule has 0 fully saturated rings. The number of phenols is 1. The van der Waals surface area contributed by atoms with Crippen molar-refractivity contribution in [3.63, 3.8) is 0 Å². The normalized spacial score (nSPS) is 11.2. The zero-order valence-corrected chi connectivity index (χ0v) is 7.91. The van der Waals surface area contributed by atoms with E-state index in [4.69, 9.17) is 15.7 Å². The fourth-order valence-electron chi connectivity index (χ4n) is 1.09. The molecular weight excluding hydrogens is 157 g/mol. The van der Waals surface area contributed by atoms with E-state index in [-0.39, 0.29) is 11.0 Å². The Hall–Kier alpha value is -0.785. The number of hydrogen-bond donors (Lipinski definition) is 1. The van der Waals surface area contributed by atoms with Crippen molar-refractivity contribution < 1.29 is 5.11 Å². The molecule has 0 bridgehead atoms. The molecule has 0 aromatic heterocycles. The van der Waals surface area contributed by atoms with Crippen molar-refractivity contribution in [2.24, 2.45) is 0 Å². The molecule has 0 heterocycles. The fourth-order valence-corrected chi connectivity index (χ4v) is 1.09. The highest BCUT2D eigenvalue weighted by Gasteiger charge is 2.13. The van der Waals surface area contributed by atoms with Crippen LogP contribution in [0.25, 0.3) is 0 Å². The van der Waals surface area contributed by atoms with Crippen LogP contribution < -0.4 is 10.9 Å². The zero-order chi connectivity index (χ0) is 10.1. The summed E-state index contributed by atoms with van der Waals surface area (Å²) in [5, 5.41) is 8.80. The quantitative estimate of drug-likeness (QED) is 0.606. The molecule has 4 heteroatoms. The molecule has 0 saturated carbocycles. The third kappa shape index (κ3) is 3.21. The predicted octanol–water partition coefficient (Wildman–Crippen LogP) is -0.160. The summed E-state index contributed by atoms with van der Waals surface area (Å²) in [6.07, 6.45) is 0. The minimum Gasteiger partial charge on any atom is -0.509 e. The van der Waals surface area contributed by atoms with Gasteiger partial charge in [0.1, 0.15) is 20.9 Å². The highest BCUT2D eigenvalue weighted by atomic mass is 16.3. The highest BCUT2D eigenvalue weighted by molar-refractivity contribution is 6.65. The molecule has 0 aliphatic heterocycles. The van der Waals surface area contributed by atoms with Gasteiger partial charge in [0.2, 0.25) is 0 Å². The number of rotatable bonds is 2. The molecule has 0 atom stereocenters. The maximum absolute atomic E-state index is 9.17. The van der Waals surface area contributed by atoms with Crippen molar-refractivity contribution in [1.82, 2.24) is 0 Å². The summed E-state index contributed by atoms with van der Waals surface area (Å²) in [5.41, 5.74) is 1.29. The van der Waals surface area contributed by atoms with Crippen molar-refractivity contribution in [3.05, 3.63) is 18.2 Å². The Morgan fingerprint density at radius 3 is 2.46 bits per heavy atom. The van der Waals surface area contributed by atoms with Crippen LogP contribution in [-0.2, 0) is 0 Å². The average molecular weight is 167 g/mol. The van der Waals surface area contributed by atoms with Gasteiger partial charge in [0, 0.05) is 0 Å². The Balaban J connectivity index is 2.86. The molecule has 13 heavy (non-hydrogen) atoms. The van der Waals surface area contributed by atoms with E-state index in [9.17, 15) is 5.11 Å². The van der Waals surface area contributed by atoms with Gasteiger partial charge >= 0.3 is 0 Å². The van der Waals surface area contributed by atoms with Gasteiger partial charge in [0.15, 0.2) is 0 Å². The molecule has 0 spiro atoms. The first-order chi connectivity index (χ1) is 5.88. The smallest absolute Gasteiger partial charge is 0.148 e. The summed E-state index contributed by atoms with van der Waals surface area (Å²) in [6, 6.07) is 5.04. The molecule has 5 radical (unpaired) electrons. The Bertz CT molecular complexity index is 304. The van der Waals surface area contributed by atoms with Crippen LogP contribution in [0.4, 0.5) is 0 Å². The van der Waals surface area contributed by atoms with Crippen LogP contribution in [-0.4, -0.2) is 28.1 Å². The van der Waals surface area contributed by atoms with Crippen molar-refractivity contribution in [1.29, 1.82) is 0 Å². The van der Waals surface area contributed by atoms with E-state index in [0.29, 0.717) is 5.46 Å². The monoisotopic (exact) mass is 167 g/mol. The van der Waals surface area contributed by atoms with E-state index in [1.165, 1.54) is 0 Å². The SMILES string of the molecule is [B]c1cc([B]C([B])(C)C)ccc1O. The number of hydrogen-bond acceptors (Lipinski definition) is 1. The van der Waals surface area contributed by atoms with Crippen molar-refractivity contribution in [3.8, 4) is 5.75 Å². The van der Waals surface area contributed by atoms with Gasteiger partial charge in [-0.1, -0.05) is 42.1 Å². The third-order valence-corrected chi connectivity index (χ3v) is 1.59. The lowest BCUT2D eigenvalue weighted by Crippen LogP contribution is -2.28. The maximum Gasteiger partial charge on any atom is 0.148 e. The average Bonchev–Trinajstić information content (AvgIpc) is 1.94. The van der Waals surface area contributed by atoms with Gasteiger partial charge in [-0.3, -0.25) is 0 Å². The molecule has 1 rings (SSSR count). The molecule has 1 nitrogen and oxygen atoms in total. The second-order valence-electron chi connectivity index (χ2n) is 3.78.